The summed E-state index contributed by atoms with van der Waals surface area (Å²) < 4.78 is 0. The van der Waals surface area contributed by atoms with E-state index >= 15 is 0 Å². The Bertz CT molecular complexity index is 342. The Labute approximate surface area is 98.9 Å². The highest BCUT2D eigenvalue weighted by Gasteiger charge is 2.04. The number of carboxylic acid groups (broad SMARTS) is 1. The fourth-order valence-corrected chi connectivity index (χ4v) is 0.933. The molecule has 0 heterocycles. The van der Waals surface area contributed by atoms with Crippen molar-refractivity contribution in [1.82, 2.24) is 0 Å². The molecule has 0 spiro atoms. The Balaban J connectivity index is 0.000000304. The van der Waals surface area contributed by atoms with E-state index in [-0.39, 0.29) is 25.4 Å². The second-order valence-corrected chi connectivity index (χ2v) is 3.33. The highest BCUT2D eigenvalue weighted by Crippen LogP contribution is 2.14. The molecule has 6 heteroatoms. The van der Waals surface area contributed by atoms with Crippen LogP contribution < -0.4 is 5.73 Å². The van der Waals surface area contributed by atoms with Crippen LogP contribution in [0.3, 0.4) is 0 Å². The molecular formula is C11H17NO5. The maximum absolute atomic E-state index is 9.78. The van der Waals surface area contributed by atoms with Crippen LogP contribution in [0, 0.1) is 0 Å². The van der Waals surface area contributed by atoms with Crippen LogP contribution >= 0.6 is 0 Å². The van der Waals surface area contributed by atoms with E-state index in [1.807, 2.05) is 0 Å². The lowest BCUT2D eigenvalue weighted by molar-refractivity contribution is -0.137. The van der Waals surface area contributed by atoms with Gasteiger partial charge in [0.1, 0.15) is 5.75 Å². The smallest absolute Gasteiger partial charge is 0.305 e. The number of aromatic hydroxyl groups is 1. The summed E-state index contributed by atoms with van der Waals surface area (Å²) in [5.41, 5.74) is 5.61. The van der Waals surface area contributed by atoms with Gasteiger partial charge in [0, 0.05) is 11.6 Å². The van der Waals surface area contributed by atoms with Crippen LogP contribution in [0.1, 0.15) is 12.0 Å². The molecule has 1 unspecified atom stereocenters. The molecule has 1 atom stereocenters. The van der Waals surface area contributed by atoms with Gasteiger partial charge in [0.2, 0.25) is 0 Å². The Morgan fingerprint density at radius 2 is 1.88 bits per heavy atom. The van der Waals surface area contributed by atoms with Gasteiger partial charge in [0.15, 0.2) is 0 Å². The number of hydrogen-bond acceptors (Lipinski definition) is 5. The van der Waals surface area contributed by atoms with Crippen molar-refractivity contribution >= 4 is 5.97 Å². The van der Waals surface area contributed by atoms with Crippen molar-refractivity contribution in [3.05, 3.63) is 29.8 Å². The van der Waals surface area contributed by atoms with E-state index in [0.717, 1.165) is 0 Å². The van der Waals surface area contributed by atoms with Crippen molar-refractivity contribution in [3.63, 3.8) is 0 Å². The number of phenols is 1. The van der Waals surface area contributed by atoms with Crippen LogP contribution in [-0.2, 0) is 11.4 Å². The zero-order chi connectivity index (χ0) is 13.3. The van der Waals surface area contributed by atoms with E-state index in [2.05, 4.69) is 0 Å². The van der Waals surface area contributed by atoms with Crippen molar-refractivity contribution in [2.75, 3.05) is 6.61 Å². The number of carboxylic acids is 1. The van der Waals surface area contributed by atoms with Gasteiger partial charge in [-0.1, -0.05) is 18.2 Å². The fraction of sp³-hybridized carbons (Fsp3) is 0.364. The minimum atomic E-state index is -0.980. The number of rotatable bonds is 4. The van der Waals surface area contributed by atoms with E-state index in [4.69, 9.17) is 26.2 Å². The van der Waals surface area contributed by atoms with Crippen LogP contribution in [0.15, 0.2) is 24.3 Å². The number of para-hydroxylation sites is 1. The van der Waals surface area contributed by atoms with E-state index in [9.17, 15) is 4.79 Å². The van der Waals surface area contributed by atoms with E-state index in [0.29, 0.717) is 5.56 Å². The molecule has 1 aromatic rings. The number of aliphatic carboxylic acids is 1. The average Bonchev–Trinajstić information content (AvgIpc) is 2.29. The van der Waals surface area contributed by atoms with Gasteiger partial charge in [0.05, 0.1) is 19.6 Å². The summed E-state index contributed by atoms with van der Waals surface area (Å²) in [5, 5.41) is 33.7. The summed E-state index contributed by atoms with van der Waals surface area (Å²) in [4.78, 5) is 9.78. The molecule has 0 aliphatic heterocycles. The van der Waals surface area contributed by atoms with Gasteiger partial charge in [-0.3, -0.25) is 4.79 Å². The van der Waals surface area contributed by atoms with Crippen LogP contribution in [0.25, 0.3) is 0 Å². The van der Waals surface area contributed by atoms with Gasteiger partial charge < -0.3 is 26.2 Å². The third-order valence-electron chi connectivity index (χ3n) is 1.83. The maximum Gasteiger partial charge on any atom is 0.305 e. The predicted molar refractivity (Wildman–Crippen MR) is 61.3 cm³/mol. The number of carbonyl (C=O) groups is 1. The lowest BCUT2D eigenvalue weighted by atomic mass is 10.2. The lowest BCUT2D eigenvalue weighted by Crippen LogP contribution is -2.27. The highest BCUT2D eigenvalue weighted by atomic mass is 16.4. The van der Waals surface area contributed by atoms with Gasteiger partial charge >= 0.3 is 5.97 Å². The number of aliphatic hydroxyl groups is 2. The number of benzene rings is 1. The molecule has 0 aromatic heterocycles. The first-order chi connectivity index (χ1) is 8.01. The van der Waals surface area contributed by atoms with Crippen LogP contribution in [0.2, 0.25) is 0 Å². The largest absolute Gasteiger partial charge is 0.508 e. The number of hydrogen-bond donors (Lipinski definition) is 5. The zero-order valence-corrected chi connectivity index (χ0v) is 9.28. The molecular weight excluding hydrogens is 226 g/mol. The van der Waals surface area contributed by atoms with Crippen LogP contribution in [0.5, 0.6) is 5.75 Å². The summed E-state index contributed by atoms with van der Waals surface area (Å²) in [6.45, 7) is -0.376. The summed E-state index contributed by atoms with van der Waals surface area (Å²) >= 11 is 0. The molecule has 0 aliphatic rings. The van der Waals surface area contributed by atoms with Gasteiger partial charge in [-0.2, -0.15) is 0 Å². The Morgan fingerprint density at radius 1 is 1.29 bits per heavy atom. The quantitative estimate of drug-likeness (QED) is 0.493. The lowest BCUT2D eigenvalue weighted by Gasteiger charge is -2.00. The van der Waals surface area contributed by atoms with E-state index in [1.54, 1.807) is 24.3 Å². The minimum absolute atomic E-state index is 0.104. The van der Waals surface area contributed by atoms with Gasteiger partial charge in [-0.25, -0.2) is 0 Å². The Morgan fingerprint density at radius 3 is 2.18 bits per heavy atom. The third kappa shape index (κ3) is 7.29. The Hall–Kier alpha value is -1.63. The van der Waals surface area contributed by atoms with Crippen molar-refractivity contribution in [3.8, 4) is 5.75 Å². The van der Waals surface area contributed by atoms with Gasteiger partial charge in [-0.05, 0) is 6.07 Å². The first-order valence-corrected chi connectivity index (χ1v) is 4.97. The molecule has 1 rings (SSSR count). The summed E-state index contributed by atoms with van der Waals surface area (Å²) in [6.07, 6.45) is -0.170. The summed E-state index contributed by atoms with van der Waals surface area (Å²) in [7, 11) is 0. The summed E-state index contributed by atoms with van der Waals surface area (Å²) in [5.74, 6) is -0.827. The van der Waals surface area contributed by atoms with Crippen molar-refractivity contribution in [2.24, 2.45) is 5.73 Å². The predicted octanol–water partition coefficient (Wildman–Crippen LogP) is -0.335. The first kappa shape index (κ1) is 15.4. The van der Waals surface area contributed by atoms with Crippen LogP contribution in [-0.4, -0.2) is 39.0 Å². The molecule has 6 nitrogen and oxygen atoms in total. The molecule has 17 heavy (non-hydrogen) atoms. The number of aliphatic hydroxyl groups excluding tert-OH is 2. The van der Waals surface area contributed by atoms with Crippen LogP contribution in [0.4, 0.5) is 0 Å². The number of nitrogens with two attached hydrogens (primary N) is 1. The standard InChI is InChI=1S/C7H8O2.C4H9NO3/c8-5-6-3-1-2-4-7(6)9;5-3(2-6)1-4(7)8/h1-4,8-9H,5H2;3,6H,1-2,5H2,(H,7,8). The van der Waals surface area contributed by atoms with Crippen molar-refractivity contribution in [1.29, 1.82) is 0 Å². The van der Waals surface area contributed by atoms with Gasteiger partial charge in [-0.15, -0.1) is 0 Å². The maximum atomic E-state index is 9.78. The van der Waals surface area contributed by atoms with Crippen molar-refractivity contribution < 1.29 is 25.2 Å². The Kier molecular flexibility index (Phi) is 7.70. The second kappa shape index (κ2) is 8.51. The molecule has 96 valence electrons. The first-order valence-electron chi connectivity index (χ1n) is 4.97. The van der Waals surface area contributed by atoms with E-state index in [1.165, 1.54) is 0 Å². The molecule has 0 radical (unpaired) electrons. The normalized spacial score (nSPS) is 11.2. The van der Waals surface area contributed by atoms with E-state index < -0.39 is 12.0 Å². The zero-order valence-electron chi connectivity index (χ0n) is 9.28. The third-order valence-corrected chi connectivity index (χ3v) is 1.83. The monoisotopic (exact) mass is 243 g/mol. The topological polar surface area (TPSA) is 124 Å². The second-order valence-electron chi connectivity index (χ2n) is 3.33. The minimum Gasteiger partial charge on any atom is -0.508 e. The molecule has 0 saturated carbocycles. The SMILES string of the molecule is NC(CO)CC(=O)O.OCc1ccccc1O. The fourth-order valence-electron chi connectivity index (χ4n) is 0.933. The average molecular weight is 243 g/mol. The molecule has 0 bridgehead atoms. The molecule has 0 saturated heterocycles. The molecule has 1 aromatic carbocycles. The molecule has 0 fully saturated rings. The van der Waals surface area contributed by atoms with Gasteiger partial charge in [0.25, 0.3) is 0 Å². The molecule has 6 N–H and O–H groups in total. The van der Waals surface area contributed by atoms with Crippen molar-refractivity contribution in [2.45, 2.75) is 19.1 Å². The molecule has 0 aliphatic carbocycles. The highest BCUT2D eigenvalue weighted by molar-refractivity contribution is 5.67. The summed E-state index contributed by atoms with van der Waals surface area (Å²) in [6, 6.07) is 6.09. The molecule has 0 amide bonds.